The van der Waals surface area contributed by atoms with E-state index in [1.807, 2.05) is 6.92 Å². The largest absolute Gasteiger partial charge is 0.486 e. The molecule has 1 aromatic heterocycles. The first-order chi connectivity index (χ1) is 13.6. The van der Waals surface area contributed by atoms with Gasteiger partial charge in [-0.3, -0.25) is 4.98 Å². The summed E-state index contributed by atoms with van der Waals surface area (Å²) in [6.45, 7) is 2.33. The maximum absolute atomic E-state index is 13.0. The molecule has 142 valence electrons. The van der Waals surface area contributed by atoms with Crippen molar-refractivity contribution in [3.63, 3.8) is 0 Å². The normalized spacial score (nSPS) is 23.2. The van der Waals surface area contributed by atoms with E-state index in [0.717, 1.165) is 5.56 Å². The zero-order valence-corrected chi connectivity index (χ0v) is 15.2. The van der Waals surface area contributed by atoms with E-state index >= 15 is 0 Å². The van der Waals surface area contributed by atoms with Crippen LogP contribution in [0.4, 0.5) is 9.18 Å². The van der Waals surface area contributed by atoms with Gasteiger partial charge < -0.3 is 9.64 Å². The first kappa shape index (κ1) is 17.9. The second-order valence-corrected chi connectivity index (χ2v) is 6.80. The molecule has 0 radical (unpaired) electrons. The monoisotopic (exact) mass is 379 g/mol. The highest BCUT2D eigenvalue weighted by atomic mass is 19.1. The summed E-state index contributed by atoms with van der Waals surface area (Å²) in [4.78, 5) is 18.7. The molecule has 0 spiro atoms. The van der Waals surface area contributed by atoms with Crippen LogP contribution in [0.2, 0.25) is 0 Å². The molecule has 0 bridgehead atoms. The number of pyridine rings is 1. The standard InChI is InChI=1S/C20H18FN5O2/c1-13-19(28-17-4-2-16(21)3-5-17)12-25(13)20(27)26-18(6-7-24-26)15-8-14(9-22)10-23-11-15/h2-5,7-8,10-11,13,18-19H,6,12H2,1H3/t13-,18?,19+/m1/s1. The molecule has 3 heterocycles. The smallest absolute Gasteiger partial charge is 0.341 e. The number of rotatable bonds is 3. The van der Waals surface area contributed by atoms with Crippen molar-refractivity contribution in [2.75, 3.05) is 6.54 Å². The fraction of sp³-hybridized carbons (Fsp3) is 0.300. The van der Waals surface area contributed by atoms with Gasteiger partial charge in [-0.15, -0.1) is 0 Å². The van der Waals surface area contributed by atoms with Crippen LogP contribution in [0.3, 0.4) is 0 Å². The molecule has 1 aromatic carbocycles. The van der Waals surface area contributed by atoms with Crippen molar-refractivity contribution >= 4 is 12.2 Å². The quantitative estimate of drug-likeness (QED) is 0.821. The Morgan fingerprint density at radius 2 is 2.11 bits per heavy atom. The molecule has 1 fully saturated rings. The lowest BCUT2D eigenvalue weighted by atomic mass is 10.0. The van der Waals surface area contributed by atoms with Crippen LogP contribution in [0, 0.1) is 17.1 Å². The van der Waals surface area contributed by atoms with E-state index in [9.17, 15) is 9.18 Å². The fourth-order valence-electron chi connectivity index (χ4n) is 3.36. The number of likely N-dealkylation sites (tertiary alicyclic amines) is 1. The van der Waals surface area contributed by atoms with Crippen molar-refractivity contribution in [1.29, 1.82) is 5.26 Å². The number of aromatic nitrogens is 1. The Hall–Kier alpha value is -3.47. The van der Waals surface area contributed by atoms with E-state index in [0.29, 0.717) is 24.3 Å². The number of urea groups is 1. The first-order valence-electron chi connectivity index (χ1n) is 8.96. The van der Waals surface area contributed by atoms with E-state index in [1.165, 1.54) is 23.3 Å². The molecule has 3 atom stereocenters. The molecular weight excluding hydrogens is 361 g/mol. The molecule has 2 aromatic rings. The lowest BCUT2D eigenvalue weighted by Gasteiger charge is -2.46. The first-order valence-corrected chi connectivity index (χ1v) is 8.96. The fourth-order valence-corrected chi connectivity index (χ4v) is 3.36. The summed E-state index contributed by atoms with van der Waals surface area (Å²) in [5.41, 5.74) is 1.22. The maximum atomic E-state index is 13.0. The van der Waals surface area contributed by atoms with Crippen LogP contribution in [0.15, 0.2) is 47.8 Å². The van der Waals surface area contributed by atoms with Crippen LogP contribution in [0.5, 0.6) is 5.75 Å². The Morgan fingerprint density at radius 1 is 1.32 bits per heavy atom. The van der Waals surface area contributed by atoms with Gasteiger partial charge in [0, 0.05) is 25.0 Å². The van der Waals surface area contributed by atoms with Gasteiger partial charge in [-0.1, -0.05) is 0 Å². The number of hydrogen-bond donors (Lipinski definition) is 0. The van der Waals surface area contributed by atoms with Crippen molar-refractivity contribution in [3.05, 3.63) is 59.7 Å². The summed E-state index contributed by atoms with van der Waals surface area (Å²) < 4.78 is 18.9. The van der Waals surface area contributed by atoms with Crippen molar-refractivity contribution in [2.45, 2.75) is 31.5 Å². The number of carbonyl (C=O) groups is 1. The number of carbonyl (C=O) groups excluding carboxylic acids is 1. The molecule has 28 heavy (non-hydrogen) atoms. The maximum Gasteiger partial charge on any atom is 0.341 e. The van der Waals surface area contributed by atoms with Gasteiger partial charge in [0.1, 0.15) is 23.7 Å². The van der Waals surface area contributed by atoms with E-state index in [4.69, 9.17) is 10.00 Å². The molecule has 2 amide bonds. The van der Waals surface area contributed by atoms with Crippen LogP contribution in [-0.2, 0) is 0 Å². The SMILES string of the molecule is C[C@@H]1[C@@H](Oc2ccc(F)cc2)CN1C(=O)N1N=CCC1c1cncc(C#N)c1. The van der Waals surface area contributed by atoms with Crippen LogP contribution in [-0.4, -0.2) is 45.8 Å². The molecule has 8 heteroatoms. The van der Waals surface area contributed by atoms with Gasteiger partial charge >= 0.3 is 6.03 Å². The number of ether oxygens (including phenoxy) is 1. The van der Waals surface area contributed by atoms with Gasteiger partial charge in [0.25, 0.3) is 0 Å². The third-order valence-corrected chi connectivity index (χ3v) is 5.05. The molecule has 2 aliphatic heterocycles. The van der Waals surface area contributed by atoms with Gasteiger partial charge in [-0.2, -0.15) is 10.4 Å². The molecule has 1 unspecified atom stereocenters. The Kier molecular flexibility index (Phi) is 4.65. The van der Waals surface area contributed by atoms with Crippen molar-refractivity contribution in [1.82, 2.24) is 14.9 Å². The van der Waals surface area contributed by atoms with Crippen LogP contribution in [0.1, 0.15) is 30.5 Å². The number of benzene rings is 1. The van der Waals surface area contributed by atoms with E-state index in [1.54, 1.807) is 35.5 Å². The van der Waals surface area contributed by atoms with Crippen LogP contribution in [0.25, 0.3) is 0 Å². The number of hydrogen-bond acceptors (Lipinski definition) is 5. The number of nitriles is 1. The Morgan fingerprint density at radius 3 is 2.82 bits per heavy atom. The van der Waals surface area contributed by atoms with Crippen molar-refractivity contribution in [3.8, 4) is 11.8 Å². The van der Waals surface area contributed by atoms with Gasteiger partial charge in [0.2, 0.25) is 0 Å². The summed E-state index contributed by atoms with van der Waals surface area (Å²) in [7, 11) is 0. The van der Waals surface area contributed by atoms with Crippen molar-refractivity contribution in [2.24, 2.45) is 5.10 Å². The van der Waals surface area contributed by atoms with E-state index < -0.39 is 0 Å². The Bertz CT molecular complexity index is 956. The van der Waals surface area contributed by atoms with Crippen molar-refractivity contribution < 1.29 is 13.9 Å². The summed E-state index contributed by atoms with van der Waals surface area (Å²) in [5.74, 6) is 0.250. The predicted octanol–water partition coefficient (Wildman–Crippen LogP) is 3.10. The number of nitrogens with zero attached hydrogens (tertiary/aromatic N) is 5. The average Bonchev–Trinajstić information content (AvgIpc) is 3.21. The molecule has 4 rings (SSSR count). The topological polar surface area (TPSA) is 81.8 Å². The number of halogens is 1. The molecule has 0 aliphatic carbocycles. The summed E-state index contributed by atoms with van der Waals surface area (Å²) in [6.07, 6.45) is 5.24. The highest BCUT2D eigenvalue weighted by molar-refractivity contribution is 5.79. The minimum absolute atomic E-state index is 0.141. The lowest BCUT2D eigenvalue weighted by molar-refractivity contribution is -0.0197. The minimum atomic E-state index is -0.321. The third-order valence-electron chi connectivity index (χ3n) is 5.05. The van der Waals surface area contributed by atoms with E-state index in [2.05, 4.69) is 16.2 Å². The average molecular weight is 379 g/mol. The molecule has 0 saturated carbocycles. The highest BCUT2D eigenvalue weighted by Gasteiger charge is 2.44. The number of hydrazone groups is 1. The van der Waals surface area contributed by atoms with Crippen LogP contribution < -0.4 is 4.74 Å². The summed E-state index contributed by atoms with van der Waals surface area (Å²) >= 11 is 0. The predicted molar refractivity (Wildman–Crippen MR) is 99.0 cm³/mol. The molecular formula is C20H18FN5O2. The van der Waals surface area contributed by atoms with Gasteiger partial charge in [-0.25, -0.2) is 14.2 Å². The second-order valence-electron chi connectivity index (χ2n) is 6.80. The Balaban J connectivity index is 1.42. The van der Waals surface area contributed by atoms with Gasteiger partial charge in [0.05, 0.1) is 24.2 Å². The molecule has 1 saturated heterocycles. The zero-order chi connectivity index (χ0) is 19.7. The third kappa shape index (κ3) is 3.27. The van der Waals surface area contributed by atoms with Gasteiger partial charge in [0.15, 0.2) is 0 Å². The number of amides is 2. The lowest BCUT2D eigenvalue weighted by Crippen LogP contribution is -2.64. The summed E-state index contributed by atoms with van der Waals surface area (Å²) in [6, 6.07) is 8.98. The highest BCUT2D eigenvalue weighted by Crippen LogP contribution is 2.32. The molecule has 0 N–H and O–H groups in total. The minimum Gasteiger partial charge on any atom is -0.486 e. The molecule has 2 aliphatic rings. The Labute approximate surface area is 161 Å². The zero-order valence-electron chi connectivity index (χ0n) is 15.2. The van der Waals surface area contributed by atoms with Gasteiger partial charge in [-0.05, 0) is 42.8 Å². The van der Waals surface area contributed by atoms with E-state index in [-0.39, 0.29) is 30.0 Å². The molecule has 7 nitrogen and oxygen atoms in total. The second kappa shape index (κ2) is 7.27. The van der Waals surface area contributed by atoms with Crippen LogP contribution >= 0.6 is 0 Å². The summed E-state index contributed by atoms with van der Waals surface area (Å²) in [5, 5.41) is 14.7.